The normalized spacial score (nSPS) is 20.9. The summed E-state index contributed by atoms with van der Waals surface area (Å²) in [5.41, 5.74) is 0.715. The molecule has 1 N–H and O–H groups in total. The van der Waals surface area contributed by atoms with E-state index in [0.717, 1.165) is 21.3 Å². The minimum absolute atomic E-state index is 0.0531. The van der Waals surface area contributed by atoms with Crippen molar-refractivity contribution < 1.29 is 18.6 Å². The summed E-state index contributed by atoms with van der Waals surface area (Å²) in [5, 5.41) is 0. The molecular weight excluding hydrogens is 626 g/mol. The predicted octanol–water partition coefficient (Wildman–Crippen LogP) is 5.15. The maximum atomic E-state index is 15.8. The van der Waals surface area contributed by atoms with E-state index < -0.39 is 41.3 Å². The predicted molar refractivity (Wildman–Crippen MR) is 159 cm³/mol. The summed E-state index contributed by atoms with van der Waals surface area (Å²) in [7, 11) is 1.62. The fourth-order valence-electron chi connectivity index (χ4n) is 5.24. The lowest BCUT2D eigenvalue weighted by Gasteiger charge is -2.37. The van der Waals surface area contributed by atoms with Crippen LogP contribution in [0.1, 0.15) is 28.5 Å². The van der Waals surface area contributed by atoms with Crippen molar-refractivity contribution in [1.29, 1.82) is 0 Å². The van der Waals surface area contributed by atoms with Gasteiger partial charge in [-0.3, -0.25) is 14.3 Å². The summed E-state index contributed by atoms with van der Waals surface area (Å²) < 4.78 is 35.9. The second-order valence-corrected chi connectivity index (χ2v) is 10.6. The third kappa shape index (κ3) is 5.25. The van der Waals surface area contributed by atoms with Crippen LogP contribution >= 0.6 is 22.6 Å². The van der Waals surface area contributed by atoms with Gasteiger partial charge in [-0.1, -0.05) is 95.4 Å². The van der Waals surface area contributed by atoms with E-state index in [9.17, 15) is 9.59 Å². The molecule has 40 heavy (non-hydrogen) atoms. The summed E-state index contributed by atoms with van der Waals surface area (Å²) >= 11 is 2.14. The molecule has 1 aliphatic rings. The van der Waals surface area contributed by atoms with E-state index in [1.165, 1.54) is 6.20 Å². The number of ether oxygens (including phenoxy) is 3. The molecular formula is C31H30FIN2O5. The molecule has 4 aromatic rings. The Morgan fingerprint density at radius 3 is 2.08 bits per heavy atom. The first-order valence-electron chi connectivity index (χ1n) is 13.0. The van der Waals surface area contributed by atoms with Gasteiger partial charge in [0.2, 0.25) is 0 Å². The van der Waals surface area contributed by atoms with Gasteiger partial charge in [0.05, 0.1) is 19.8 Å². The number of benzene rings is 3. The van der Waals surface area contributed by atoms with Crippen molar-refractivity contribution in [2.75, 3.05) is 18.1 Å². The van der Waals surface area contributed by atoms with Gasteiger partial charge in [0, 0.05) is 22.1 Å². The number of rotatable bonds is 9. The monoisotopic (exact) mass is 656 g/mol. The van der Waals surface area contributed by atoms with Crippen molar-refractivity contribution in [3.63, 3.8) is 0 Å². The van der Waals surface area contributed by atoms with Crippen molar-refractivity contribution >= 4 is 22.6 Å². The zero-order chi connectivity index (χ0) is 28.3. The first kappa shape index (κ1) is 28.3. The molecule has 0 spiro atoms. The number of aromatic nitrogens is 2. The largest absolute Gasteiger partial charge is 0.497 e. The number of nitrogens with zero attached hydrogens (tertiary/aromatic N) is 1. The van der Waals surface area contributed by atoms with Crippen LogP contribution in [-0.2, 0) is 15.1 Å². The highest BCUT2D eigenvalue weighted by Gasteiger charge is 2.48. The maximum Gasteiger partial charge on any atom is 0.330 e. The van der Waals surface area contributed by atoms with Crippen LogP contribution in [0, 0.1) is 12.8 Å². The first-order chi connectivity index (χ1) is 19.4. The Kier molecular flexibility index (Phi) is 8.53. The van der Waals surface area contributed by atoms with Crippen LogP contribution in [0.5, 0.6) is 5.75 Å². The van der Waals surface area contributed by atoms with Crippen LogP contribution < -0.4 is 16.0 Å². The first-order valence-corrected chi connectivity index (χ1v) is 14.5. The van der Waals surface area contributed by atoms with Gasteiger partial charge in [-0.05, 0) is 35.7 Å². The van der Waals surface area contributed by atoms with Crippen LogP contribution in [0.4, 0.5) is 4.39 Å². The van der Waals surface area contributed by atoms with Crippen molar-refractivity contribution in [3.05, 3.63) is 134 Å². The molecule has 0 radical (unpaired) electrons. The zero-order valence-electron chi connectivity index (χ0n) is 22.1. The van der Waals surface area contributed by atoms with Gasteiger partial charge >= 0.3 is 5.69 Å². The lowest BCUT2D eigenvalue weighted by molar-refractivity contribution is -0.0864. The van der Waals surface area contributed by atoms with Gasteiger partial charge in [0.25, 0.3) is 5.56 Å². The van der Waals surface area contributed by atoms with Crippen LogP contribution in [-0.4, -0.2) is 40.0 Å². The molecule has 1 aromatic heterocycles. The van der Waals surface area contributed by atoms with E-state index in [0.29, 0.717) is 15.7 Å². The molecule has 4 atom stereocenters. The number of hydrogen-bond acceptors (Lipinski definition) is 5. The van der Waals surface area contributed by atoms with E-state index in [4.69, 9.17) is 14.2 Å². The smallest absolute Gasteiger partial charge is 0.330 e. The van der Waals surface area contributed by atoms with E-state index in [1.54, 1.807) is 14.0 Å². The molecule has 0 aliphatic carbocycles. The fraction of sp³-hybridized carbons (Fsp3) is 0.290. The SMILES string of the molecule is COc1ccc(C(OC[C@H]2O[C@@H](n3cc(C)c(=O)[nH]c3=O)[C@H](F)[C@@H]2CI)(c2ccccc2)c2ccccc2)cc1. The van der Waals surface area contributed by atoms with Gasteiger partial charge in [-0.2, -0.15) is 0 Å². The Morgan fingerprint density at radius 1 is 0.950 bits per heavy atom. The third-order valence-corrected chi connectivity index (χ3v) is 8.41. The second kappa shape index (κ2) is 12.1. The number of H-pyrrole nitrogens is 1. The molecule has 1 aliphatic heterocycles. The van der Waals surface area contributed by atoms with Crippen molar-refractivity contribution in [2.45, 2.75) is 31.0 Å². The topological polar surface area (TPSA) is 82.6 Å². The molecule has 0 saturated carbocycles. The van der Waals surface area contributed by atoms with Gasteiger partial charge < -0.3 is 14.2 Å². The maximum absolute atomic E-state index is 15.8. The molecule has 208 valence electrons. The van der Waals surface area contributed by atoms with Crippen LogP contribution in [0.25, 0.3) is 0 Å². The lowest BCUT2D eigenvalue weighted by Crippen LogP contribution is -2.37. The highest BCUT2D eigenvalue weighted by atomic mass is 127. The van der Waals surface area contributed by atoms with Gasteiger partial charge in [0.1, 0.15) is 11.4 Å². The highest BCUT2D eigenvalue weighted by molar-refractivity contribution is 14.1. The van der Waals surface area contributed by atoms with E-state index in [1.807, 2.05) is 84.9 Å². The van der Waals surface area contributed by atoms with Crippen LogP contribution in [0.2, 0.25) is 0 Å². The Labute approximate surface area is 245 Å². The van der Waals surface area contributed by atoms with Crippen molar-refractivity contribution in [3.8, 4) is 5.75 Å². The summed E-state index contributed by atoms with van der Waals surface area (Å²) in [6.07, 6.45) is -1.96. The summed E-state index contributed by atoms with van der Waals surface area (Å²) in [6, 6.07) is 27.4. The number of aryl methyl sites for hydroxylation is 1. The third-order valence-electron chi connectivity index (χ3n) is 7.39. The molecule has 0 amide bonds. The fourth-order valence-corrected chi connectivity index (χ4v) is 6.29. The summed E-state index contributed by atoms with van der Waals surface area (Å²) in [5.74, 6) is 0.178. The number of alkyl halides is 2. The molecule has 0 bridgehead atoms. The number of nitrogens with one attached hydrogen (secondary N) is 1. The van der Waals surface area contributed by atoms with E-state index in [2.05, 4.69) is 27.6 Å². The van der Waals surface area contributed by atoms with Gasteiger partial charge in [-0.25, -0.2) is 9.18 Å². The number of methoxy groups -OCH3 is 1. The minimum Gasteiger partial charge on any atom is -0.497 e. The van der Waals surface area contributed by atoms with Crippen LogP contribution in [0.3, 0.4) is 0 Å². The number of aromatic amines is 1. The standard InChI is InChI=1S/C31H30FIN2O5/c1-20-18-35(30(37)34-28(20)36)29-27(32)25(17-33)26(40-29)19-39-31(21-9-5-3-6-10-21,22-11-7-4-8-12-22)23-13-15-24(38-2)16-14-23/h3-16,18,25-27,29H,17,19H2,1-2H3,(H,34,36,37)/t25-,26-,27-,29-/m1/s1. The molecule has 7 nitrogen and oxygen atoms in total. The Hall–Kier alpha value is -3.28. The molecule has 2 heterocycles. The van der Waals surface area contributed by atoms with Gasteiger partial charge in [-0.15, -0.1) is 0 Å². The van der Waals surface area contributed by atoms with E-state index in [-0.39, 0.29) is 6.61 Å². The van der Waals surface area contributed by atoms with Crippen LogP contribution in [0.15, 0.2) is 101 Å². The average Bonchev–Trinajstić information content (AvgIpc) is 3.31. The minimum atomic E-state index is -1.47. The second-order valence-electron chi connectivity index (χ2n) is 9.76. The van der Waals surface area contributed by atoms with Gasteiger partial charge in [0.15, 0.2) is 12.4 Å². The zero-order valence-corrected chi connectivity index (χ0v) is 24.3. The number of hydrogen-bond donors (Lipinski definition) is 1. The Bertz CT molecular complexity index is 1500. The molecule has 0 unspecified atom stereocenters. The molecule has 1 fully saturated rings. The molecule has 5 rings (SSSR count). The molecule has 1 saturated heterocycles. The highest BCUT2D eigenvalue weighted by Crippen LogP contribution is 2.43. The Morgan fingerprint density at radius 2 is 1.52 bits per heavy atom. The lowest BCUT2D eigenvalue weighted by atomic mass is 9.80. The Balaban J connectivity index is 1.56. The van der Waals surface area contributed by atoms with E-state index >= 15 is 4.39 Å². The molecule has 9 heteroatoms. The van der Waals surface area contributed by atoms with Crippen molar-refractivity contribution in [2.24, 2.45) is 5.92 Å². The molecule has 3 aromatic carbocycles. The average molecular weight is 656 g/mol. The summed E-state index contributed by atoms with van der Waals surface area (Å²) in [6.45, 7) is 1.62. The summed E-state index contributed by atoms with van der Waals surface area (Å²) in [4.78, 5) is 26.7. The number of halogens is 2. The van der Waals surface area contributed by atoms with Crippen molar-refractivity contribution in [1.82, 2.24) is 9.55 Å². The quantitative estimate of drug-likeness (QED) is 0.153.